The van der Waals surface area contributed by atoms with Gasteiger partial charge in [-0.15, -0.1) is 0 Å². The van der Waals surface area contributed by atoms with Crippen LogP contribution >= 0.6 is 0 Å². The fourth-order valence-electron chi connectivity index (χ4n) is 2.05. The van der Waals surface area contributed by atoms with Gasteiger partial charge in [-0.3, -0.25) is 0 Å². The Morgan fingerprint density at radius 3 is 0.429 bits per heavy atom. The number of carbonyl (C=O) groups is 9. The first kappa shape index (κ1) is 89.6. The van der Waals surface area contributed by atoms with Crippen molar-refractivity contribution in [2.45, 2.75) is 55.3 Å². The molecule has 0 aromatic heterocycles. The van der Waals surface area contributed by atoms with Gasteiger partial charge >= 0.3 is 266 Å². The summed E-state index contributed by atoms with van der Waals surface area (Å²) in [6.07, 6.45) is -8.15. The second kappa shape index (κ2) is 44.8. The van der Waals surface area contributed by atoms with Crippen LogP contribution in [0.3, 0.4) is 0 Å². The second-order valence-electron chi connectivity index (χ2n) is 7.25. The van der Waals surface area contributed by atoms with E-state index < -0.39 is 109 Å². The summed E-state index contributed by atoms with van der Waals surface area (Å²) < 4.78 is 0. The molecule has 0 spiro atoms. The molecule has 0 saturated heterocycles. The number of aliphatic hydroxyl groups is 3. The molecule has 22 nitrogen and oxygen atoms in total. The predicted octanol–water partition coefficient (Wildman–Crippen LogP) is -43.5. The van der Waals surface area contributed by atoms with E-state index in [2.05, 4.69) is 0 Å². The third-order valence-corrected chi connectivity index (χ3v) is 3.76. The zero-order valence-electron chi connectivity index (χ0n) is 28.4. The molecule has 0 unspecified atom stereocenters. The van der Waals surface area contributed by atoms with Crippen molar-refractivity contribution in [3.05, 3.63) is 0 Å². The fraction of sp³-hybridized carbons (Fsp3) is 0.500. The van der Waals surface area contributed by atoms with Gasteiger partial charge in [-0.2, -0.15) is 0 Å². The van der Waals surface area contributed by atoms with E-state index in [4.69, 9.17) is 15.3 Å². The minimum Gasteiger partial charge on any atom is -0.550 e. The van der Waals surface area contributed by atoms with Crippen LogP contribution in [-0.4, -0.2) is 91.3 Å². The van der Waals surface area contributed by atoms with Crippen molar-refractivity contribution < 1.29 is 376 Å². The van der Waals surface area contributed by atoms with Gasteiger partial charge in [-0.25, -0.2) is 0 Å². The summed E-state index contributed by atoms with van der Waals surface area (Å²) in [5, 5.41) is 117. The molecule has 0 aromatic rings. The summed E-state index contributed by atoms with van der Waals surface area (Å²) >= 11 is 0. The summed E-state index contributed by atoms with van der Waals surface area (Å²) in [5.41, 5.74) is -8.92. The number of aliphatic carboxylic acids is 9. The van der Waals surface area contributed by atoms with Crippen LogP contribution in [0.4, 0.5) is 0 Å². The van der Waals surface area contributed by atoms with Gasteiger partial charge in [-0.1, -0.05) is 0 Å². The SMILES string of the molecule is O.O=C([O-])CC(O)(CC(=O)[O-])C(=O)[O-].O=C([O-])CC(O)(CC(=O)[O-])C(=O)[O-].O=C([O-])CC(O)(CC(=O)[O-])C(=O)[O-].[Na+].[Na+].[Na+].[Na+].[Na+].[Na+].[Na+].[Na+].[Na+]. The maximum Gasteiger partial charge on any atom is 1.00 e. The topological polar surface area (TPSA) is 453 Å². The van der Waals surface area contributed by atoms with E-state index in [1.807, 2.05) is 0 Å². The molecular weight excluding hydrogens is 775 g/mol. The average molecular weight is 792 g/mol. The van der Waals surface area contributed by atoms with Gasteiger partial charge in [0, 0.05) is 74.3 Å². The molecule has 0 radical (unpaired) electrons. The first-order chi connectivity index (χ1) is 17.3. The standard InChI is InChI=1S/3C6H8O7.9Na.H2O/c3*7-3(8)1-6(13,5(11)12)2-4(9)10;;;;;;;;;;/h3*13H,1-2H2,(H,7,8)(H,9,10)(H,11,12);;;;;;;;;;1H2/q;;;9*+1;/p-9. The van der Waals surface area contributed by atoms with Crippen LogP contribution in [-0.2, 0) is 43.2 Å². The molecule has 31 heteroatoms. The van der Waals surface area contributed by atoms with E-state index in [0.717, 1.165) is 0 Å². The summed E-state index contributed by atoms with van der Waals surface area (Å²) in [4.78, 5) is 90.0. The van der Waals surface area contributed by atoms with Crippen molar-refractivity contribution in [1.29, 1.82) is 0 Å². The molecule has 0 aromatic carbocycles. The first-order valence-electron chi connectivity index (χ1n) is 9.34. The molecule has 0 saturated carbocycles. The predicted molar refractivity (Wildman–Crippen MR) is 91.2 cm³/mol. The number of rotatable bonds is 15. The van der Waals surface area contributed by atoms with Crippen molar-refractivity contribution in [2.75, 3.05) is 0 Å². The Bertz CT molecular complexity index is 840. The number of carbonyl (C=O) groups excluding carboxylic acids is 9. The minimum atomic E-state index is -2.97. The monoisotopic (exact) mass is 792 g/mol. The molecule has 0 aliphatic carbocycles. The number of carboxylic acids is 9. The molecule has 0 fully saturated rings. The second-order valence-corrected chi connectivity index (χ2v) is 7.25. The normalized spacial score (nSPS) is 8.63. The van der Waals surface area contributed by atoms with Crippen LogP contribution in [0.15, 0.2) is 0 Å². The van der Waals surface area contributed by atoms with Gasteiger partial charge in [-0.05, 0) is 0 Å². The Morgan fingerprint density at radius 2 is 0.388 bits per heavy atom. The zero-order valence-corrected chi connectivity index (χ0v) is 46.4. The molecule has 0 bridgehead atoms. The molecular formula is C18H17Na9O22. The largest absolute Gasteiger partial charge is 1.00 e. The smallest absolute Gasteiger partial charge is 0.550 e. The molecule has 0 rings (SSSR count). The first-order valence-corrected chi connectivity index (χ1v) is 9.34. The van der Waals surface area contributed by atoms with Gasteiger partial charge in [0.15, 0.2) is 0 Å². The maximum atomic E-state index is 10.1. The Morgan fingerprint density at radius 1 is 0.306 bits per heavy atom. The number of hydrogen-bond donors (Lipinski definition) is 3. The minimum absolute atomic E-state index is 0. The molecule has 230 valence electrons. The summed E-state index contributed by atoms with van der Waals surface area (Å²) in [5.74, 6) is -18.0. The van der Waals surface area contributed by atoms with E-state index in [1.165, 1.54) is 0 Å². The summed E-state index contributed by atoms with van der Waals surface area (Å²) in [6.45, 7) is 0. The molecule has 0 amide bonds. The van der Waals surface area contributed by atoms with Gasteiger partial charge in [0.1, 0.15) is 16.8 Å². The third kappa shape index (κ3) is 48.1. The van der Waals surface area contributed by atoms with E-state index in [-0.39, 0.29) is 271 Å². The third-order valence-electron chi connectivity index (χ3n) is 3.76. The van der Waals surface area contributed by atoms with Crippen molar-refractivity contribution in [3.63, 3.8) is 0 Å². The van der Waals surface area contributed by atoms with Crippen LogP contribution in [0.2, 0.25) is 0 Å². The van der Waals surface area contributed by atoms with E-state index >= 15 is 0 Å². The van der Waals surface area contributed by atoms with Gasteiger partial charge < -0.3 is 110 Å². The van der Waals surface area contributed by atoms with Crippen molar-refractivity contribution in [1.82, 2.24) is 0 Å². The van der Waals surface area contributed by atoms with Crippen LogP contribution < -0.4 is 312 Å². The summed E-state index contributed by atoms with van der Waals surface area (Å²) in [7, 11) is 0. The Hall–Kier alpha value is 4.07. The molecule has 0 aliphatic rings. The van der Waals surface area contributed by atoms with E-state index in [1.54, 1.807) is 0 Å². The van der Waals surface area contributed by atoms with Crippen molar-refractivity contribution in [2.24, 2.45) is 0 Å². The number of hydrogen-bond acceptors (Lipinski definition) is 21. The Balaban J connectivity index is -0.0000000327. The quantitative estimate of drug-likeness (QED) is 0.130. The molecule has 0 atom stereocenters. The van der Waals surface area contributed by atoms with E-state index in [9.17, 15) is 89.1 Å². The van der Waals surface area contributed by atoms with Gasteiger partial charge in [0.05, 0.1) is 17.9 Å². The molecule has 0 heterocycles. The van der Waals surface area contributed by atoms with Crippen molar-refractivity contribution in [3.8, 4) is 0 Å². The summed E-state index contributed by atoms with van der Waals surface area (Å²) in [6, 6.07) is 0. The molecule has 49 heavy (non-hydrogen) atoms. The Kier molecular flexibility index (Phi) is 81.9. The van der Waals surface area contributed by atoms with Crippen LogP contribution in [0.1, 0.15) is 38.5 Å². The average Bonchev–Trinajstić information content (AvgIpc) is 2.64. The van der Waals surface area contributed by atoms with E-state index in [0.29, 0.717) is 0 Å². The molecule has 0 aliphatic heterocycles. The van der Waals surface area contributed by atoms with Crippen molar-refractivity contribution >= 4 is 53.7 Å². The maximum absolute atomic E-state index is 10.1. The van der Waals surface area contributed by atoms with Gasteiger partial charge in [0.25, 0.3) is 0 Å². The van der Waals surface area contributed by atoms with Crippen LogP contribution in [0.25, 0.3) is 0 Å². The molecule has 5 N–H and O–H groups in total. The zero-order chi connectivity index (χ0) is 31.9. The fourth-order valence-corrected chi connectivity index (χ4v) is 2.05. The number of carboxylic acid groups (broad SMARTS) is 9. The Labute approximate surface area is 475 Å². The van der Waals surface area contributed by atoms with Gasteiger partial charge in [0.2, 0.25) is 0 Å². The van der Waals surface area contributed by atoms with Crippen LogP contribution in [0, 0.1) is 0 Å². The van der Waals surface area contributed by atoms with Crippen LogP contribution in [0.5, 0.6) is 0 Å².